The maximum atomic E-state index is 2.29. The van der Waals surface area contributed by atoms with Crippen LogP contribution in [0.25, 0.3) is 11.1 Å². The molecule has 0 atom stereocenters. The van der Waals surface area contributed by atoms with Crippen molar-refractivity contribution >= 4 is 0 Å². The summed E-state index contributed by atoms with van der Waals surface area (Å²) in [6.45, 7) is 8.85. The third-order valence-electron chi connectivity index (χ3n) is 3.18. The van der Waals surface area contributed by atoms with E-state index in [0.29, 0.717) is 5.92 Å². The summed E-state index contributed by atoms with van der Waals surface area (Å²) in [5.74, 6) is 0.602. The van der Waals surface area contributed by atoms with Crippen LogP contribution in [0.4, 0.5) is 0 Å². The zero-order valence-electron chi connectivity index (χ0n) is 9.96. The predicted molar refractivity (Wildman–Crippen MR) is 66.6 cm³/mol. The van der Waals surface area contributed by atoms with Gasteiger partial charge in [-0.25, -0.2) is 0 Å². The number of aryl methyl sites for hydroxylation is 2. The maximum absolute atomic E-state index is 2.29. The lowest BCUT2D eigenvalue weighted by molar-refractivity contribution is 0.873. The van der Waals surface area contributed by atoms with Gasteiger partial charge in [0, 0.05) is 0 Å². The van der Waals surface area contributed by atoms with Crippen LogP contribution in [0.5, 0.6) is 0 Å². The Bertz CT molecular complexity index is 452. The highest BCUT2D eigenvalue weighted by atomic mass is 14.2. The molecule has 15 heavy (non-hydrogen) atoms. The minimum absolute atomic E-state index is 0.602. The van der Waals surface area contributed by atoms with E-state index in [1.165, 1.54) is 27.8 Å². The molecule has 0 aromatic carbocycles. The molecule has 0 spiro atoms. The van der Waals surface area contributed by atoms with Crippen molar-refractivity contribution in [2.24, 2.45) is 0 Å². The van der Waals surface area contributed by atoms with Gasteiger partial charge in [0.1, 0.15) is 0 Å². The van der Waals surface area contributed by atoms with Crippen LogP contribution in [0.3, 0.4) is 0 Å². The molecule has 0 aromatic rings. The Kier molecular flexibility index (Phi) is 2.52. The summed E-state index contributed by atoms with van der Waals surface area (Å²) in [6, 6.07) is 11.3. The lowest BCUT2D eigenvalue weighted by atomic mass is 10.0. The van der Waals surface area contributed by atoms with E-state index in [0.717, 1.165) is 0 Å². The Labute approximate surface area is 92.3 Å². The zero-order chi connectivity index (χ0) is 11.0. The smallest absolute Gasteiger partial charge is 0.0149 e. The van der Waals surface area contributed by atoms with Crippen molar-refractivity contribution in [2.45, 2.75) is 33.6 Å². The predicted octanol–water partition coefficient (Wildman–Crippen LogP) is 4.53. The van der Waals surface area contributed by atoms with Gasteiger partial charge in [-0.3, -0.25) is 0 Å². The molecule has 0 fully saturated rings. The molecule has 0 radical (unpaired) electrons. The van der Waals surface area contributed by atoms with Gasteiger partial charge in [0.05, 0.1) is 0 Å². The first-order valence-corrected chi connectivity index (χ1v) is 5.59. The zero-order valence-corrected chi connectivity index (χ0v) is 9.96. The third kappa shape index (κ3) is 1.77. The van der Waals surface area contributed by atoms with E-state index in [1.807, 2.05) is 0 Å². The molecular formula is C15H18. The molecule has 0 aliphatic heterocycles. The summed E-state index contributed by atoms with van der Waals surface area (Å²) in [4.78, 5) is 0. The van der Waals surface area contributed by atoms with E-state index in [4.69, 9.17) is 0 Å². The molecule has 0 saturated heterocycles. The molecule has 0 nitrogen and oxygen atoms in total. The SMILES string of the molecule is Cc1ccc2c(C(C)C)ccc-2cc1C. The Morgan fingerprint density at radius 1 is 0.867 bits per heavy atom. The Balaban J connectivity index is 2.67. The van der Waals surface area contributed by atoms with Crippen LogP contribution >= 0.6 is 0 Å². The maximum Gasteiger partial charge on any atom is -0.0149 e. The summed E-state index contributed by atoms with van der Waals surface area (Å²) in [6.07, 6.45) is 0. The van der Waals surface area contributed by atoms with Crippen molar-refractivity contribution in [3.63, 3.8) is 0 Å². The van der Waals surface area contributed by atoms with Gasteiger partial charge in [-0.1, -0.05) is 44.2 Å². The highest BCUT2D eigenvalue weighted by Gasteiger charge is 2.11. The largest absolute Gasteiger partial charge is 0.0587 e. The van der Waals surface area contributed by atoms with Crippen LogP contribution < -0.4 is 0 Å². The quantitative estimate of drug-likeness (QED) is 0.631. The molecule has 0 bridgehead atoms. The average Bonchev–Trinajstić information content (AvgIpc) is 2.51. The van der Waals surface area contributed by atoms with Crippen molar-refractivity contribution < 1.29 is 0 Å². The lowest BCUT2D eigenvalue weighted by Gasteiger charge is -2.04. The highest BCUT2D eigenvalue weighted by molar-refractivity contribution is 5.72. The molecule has 0 heterocycles. The number of hydrogen-bond donors (Lipinski definition) is 0. The molecule has 0 aromatic heterocycles. The second-order valence-electron chi connectivity index (χ2n) is 4.66. The van der Waals surface area contributed by atoms with Crippen LogP contribution in [0.15, 0.2) is 30.3 Å². The topological polar surface area (TPSA) is 0 Å². The summed E-state index contributed by atoms with van der Waals surface area (Å²) >= 11 is 0. The minimum Gasteiger partial charge on any atom is -0.0587 e. The molecule has 0 amide bonds. The molecule has 0 N–H and O–H groups in total. The Morgan fingerprint density at radius 3 is 2.27 bits per heavy atom. The third-order valence-corrected chi connectivity index (χ3v) is 3.18. The monoisotopic (exact) mass is 198 g/mol. The van der Waals surface area contributed by atoms with E-state index in [9.17, 15) is 0 Å². The molecule has 2 aliphatic rings. The van der Waals surface area contributed by atoms with Crippen LogP contribution in [-0.2, 0) is 0 Å². The first-order chi connectivity index (χ1) is 7.09. The van der Waals surface area contributed by atoms with Crippen LogP contribution in [0.1, 0.15) is 36.5 Å². The van der Waals surface area contributed by atoms with E-state index < -0.39 is 0 Å². The van der Waals surface area contributed by atoms with Crippen molar-refractivity contribution in [2.75, 3.05) is 0 Å². The first kappa shape index (κ1) is 10.2. The standard InChI is InChI=1S/C15H18/c1-10(2)14-8-6-13-9-12(4)11(3)5-7-15(13)14/h5-10H,1-4H3. The molecule has 78 valence electrons. The number of fused-ring (bicyclic) bond motifs is 1. The molecular weight excluding hydrogens is 180 g/mol. The summed E-state index contributed by atoms with van der Waals surface area (Å²) < 4.78 is 0. The van der Waals surface area contributed by atoms with E-state index in [1.54, 1.807) is 0 Å². The summed E-state index contributed by atoms with van der Waals surface area (Å²) in [7, 11) is 0. The lowest BCUT2D eigenvalue weighted by Crippen LogP contribution is -1.84. The highest BCUT2D eigenvalue weighted by Crippen LogP contribution is 2.33. The first-order valence-electron chi connectivity index (χ1n) is 5.59. The number of hydrogen-bond acceptors (Lipinski definition) is 0. The fourth-order valence-corrected chi connectivity index (χ4v) is 2.03. The minimum atomic E-state index is 0.602. The van der Waals surface area contributed by atoms with Gasteiger partial charge < -0.3 is 0 Å². The Morgan fingerprint density at radius 2 is 1.60 bits per heavy atom. The number of rotatable bonds is 1. The van der Waals surface area contributed by atoms with E-state index in [-0.39, 0.29) is 0 Å². The molecule has 0 heteroatoms. The summed E-state index contributed by atoms with van der Waals surface area (Å²) in [5.41, 5.74) is 6.96. The average molecular weight is 198 g/mol. The molecule has 0 unspecified atom stereocenters. The van der Waals surface area contributed by atoms with E-state index >= 15 is 0 Å². The van der Waals surface area contributed by atoms with E-state index in [2.05, 4.69) is 58.0 Å². The van der Waals surface area contributed by atoms with Gasteiger partial charge in [-0.05, 0) is 47.6 Å². The molecule has 0 saturated carbocycles. The van der Waals surface area contributed by atoms with Gasteiger partial charge in [-0.15, -0.1) is 0 Å². The fourth-order valence-electron chi connectivity index (χ4n) is 2.03. The van der Waals surface area contributed by atoms with Crippen molar-refractivity contribution in [1.29, 1.82) is 0 Å². The second kappa shape index (κ2) is 3.69. The van der Waals surface area contributed by atoms with Crippen LogP contribution in [0.2, 0.25) is 0 Å². The Hall–Kier alpha value is -1.30. The van der Waals surface area contributed by atoms with Crippen molar-refractivity contribution in [3.8, 4) is 11.1 Å². The van der Waals surface area contributed by atoms with Crippen LogP contribution in [-0.4, -0.2) is 0 Å². The summed E-state index contributed by atoms with van der Waals surface area (Å²) in [5, 5.41) is 0. The van der Waals surface area contributed by atoms with Crippen molar-refractivity contribution in [3.05, 3.63) is 47.0 Å². The van der Waals surface area contributed by atoms with Gasteiger partial charge in [0.15, 0.2) is 0 Å². The van der Waals surface area contributed by atoms with Gasteiger partial charge >= 0.3 is 0 Å². The molecule has 2 rings (SSSR count). The van der Waals surface area contributed by atoms with Gasteiger partial charge in [0.25, 0.3) is 0 Å². The second-order valence-corrected chi connectivity index (χ2v) is 4.66. The van der Waals surface area contributed by atoms with Crippen LogP contribution in [0, 0.1) is 13.8 Å². The normalized spacial score (nSPS) is 11.3. The van der Waals surface area contributed by atoms with Crippen molar-refractivity contribution in [1.82, 2.24) is 0 Å². The molecule has 2 aliphatic carbocycles. The fraction of sp³-hybridized carbons (Fsp3) is 0.333. The van der Waals surface area contributed by atoms with Gasteiger partial charge in [-0.2, -0.15) is 0 Å². The van der Waals surface area contributed by atoms with Gasteiger partial charge in [0.2, 0.25) is 0 Å².